The minimum absolute atomic E-state index is 0.0307. The van der Waals surface area contributed by atoms with Gasteiger partial charge in [0.1, 0.15) is 17.8 Å². The van der Waals surface area contributed by atoms with Crippen LogP contribution in [-0.2, 0) is 38.8 Å². The second-order valence-corrected chi connectivity index (χ2v) is 11.8. The Labute approximate surface area is 239 Å². The molecule has 0 aliphatic carbocycles. The Kier molecular flexibility index (Phi) is 10.6. The number of primary amides is 1. The van der Waals surface area contributed by atoms with Gasteiger partial charge in [-0.25, -0.2) is 0 Å². The number of halogens is 3. The first kappa shape index (κ1) is 33.6. The van der Waals surface area contributed by atoms with Crippen molar-refractivity contribution in [2.75, 3.05) is 14.1 Å². The molecule has 2 aromatic carbocycles. The third-order valence-electron chi connectivity index (χ3n) is 7.15. The summed E-state index contributed by atoms with van der Waals surface area (Å²) < 4.78 is 38.6. The summed E-state index contributed by atoms with van der Waals surface area (Å²) in [5.41, 5.74) is 12.5. The molecule has 0 saturated heterocycles. The van der Waals surface area contributed by atoms with E-state index in [1.165, 1.54) is 42.1 Å². The number of phenols is 1. The highest BCUT2D eigenvalue weighted by molar-refractivity contribution is 5.93. The van der Waals surface area contributed by atoms with Crippen molar-refractivity contribution in [2.45, 2.75) is 77.2 Å². The maximum atomic E-state index is 13.7. The van der Waals surface area contributed by atoms with E-state index in [2.05, 4.69) is 0 Å². The lowest BCUT2D eigenvalue weighted by Gasteiger charge is -2.36. The van der Waals surface area contributed by atoms with Crippen LogP contribution < -0.4 is 11.5 Å². The summed E-state index contributed by atoms with van der Waals surface area (Å²) in [6.07, 6.45) is -4.42. The highest BCUT2D eigenvalue weighted by Crippen LogP contribution is 2.32. The third kappa shape index (κ3) is 8.45. The van der Waals surface area contributed by atoms with Crippen LogP contribution in [0.15, 0.2) is 42.5 Å². The van der Waals surface area contributed by atoms with E-state index in [0.717, 1.165) is 12.1 Å². The maximum Gasteiger partial charge on any atom is 0.416 e. The number of hydrogen-bond acceptors (Lipinski definition) is 5. The molecule has 0 aromatic heterocycles. The Hall–Kier alpha value is -3.60. The Balaban J connectivity index is 2.24. The standard InChI is InChI=1S/C30H41F3N4O4/c1-17(2)25(37(7)27(40)22(34)15-18-8-11-20(12-9-18)30(31,32)33)28(41)36(6)23(26(35)39)16-19-10-13-24(38)21(14-19)29(3,4)5/h8-14,17,22-23,25,38H,15-16,34H2,1-7H3,(H2,35,39)/t22?,23-,25-/m0/s1. The summed E-state index contributed by atoms with van der Waals surface area (Å²) in [5.74, 6) is -2.08. The van der Waals surface area contributed by atoms with Crippen LogP contribution >= 0.6 is 0 Å². The predicted molar refractivity (Wildman–Crippen MR) is 151 cm³/mol. The number of benzene rings is 2. The van der Waals surface area contributed by atoms with Crippen LogP contribution in [-0.4, -0.2) is 64.8 Å². The Morgan fingerprint density at radius 1 is 0.878 bits per heavy atom. The topological polar surface area (TPSA) is 130 Å². The lowest BCUT2D eigenvalue weighted by atomic mass is 9.84. The number of carbonyl (C=O) groups excluding carboxylic acids is 3. The van der Waals surface area contributed by atoms with E-state index >= 15 is 0 Å². The van der Waals surface area contributed by atoms with Gasteiger partial charge in [-0.1, -0.05) is 58.9 Å². The van der Waals surface area contributed by atoms with Crippen molar-refractivity contribution in [3.05, 3.63) is 64.7 Å². The minimum atomic E-state index is -4.48. The summed E-state index contributed by atoms with van der Waals surface area (Å²) in [7, 11) is 2.87. The van der Waals surface area contributed by atoms with Crippen molar-refractivity contribution in [1.82, 2.24) is 9.80 Å². The fraction of sp³-hybridized carbons (Fsp3) is 0.500. The molecular formula is C30H41F3N4O4. The summed E-state index contributed by atoms with van der Waals surface area (Å²) in [5, 5.41) is 10.3. The van der Waals surface area contributed by atoms with E-state index in [0.29, 0.717) is 16.7 Å². The normalized spacial score (nSPS) is 14.3. The molecule has 11 heteroatoms. The number of carbonyl (C=O) groups is 3. The number of phenolic OH excluding ortho intramolecular Hbond substituents is 1. The maximum absolute atomic E-state index is 13.7. The van der Waals surface area contributed by atoms with Gasteiger partial charge in [0.2, 0.25) is 17.7 Å². The predicted octanol–water partition coefficient (Wildman–Crippen LogP) is 3.62. The zero-order valence-corrected chi connectivity index (χ0v) is 24.6. The van der Waals surface area contributed by atoms with E-state index in [9.17, 15) is 32.7 Å². The molecule has 226 valence electrons. The van der Waals surface area contributed by atoms with Crippen LogP contribution in [0, 0.1) is 5.92 Å². The average Bonchev–Trinajstić information content (AvgIpc) is 2.85. The lowest BCUT2D eigenvalue weighted by molar-refractivity contribution is -0.149. The number of rotatable bonds is 10. The first-order valence-electron chi connectivity index (χ1n) is 13.3. The van der Waals surface area contributed by atoms with Crippen molar-refractivity contribution < 1.29 is 32.7 Å². The van der Waals surface area contributed by atoms with E-state index < -0.39 is 47.6 Å². The molecule has 0 radical (unpaired) electrons. The molecule has 3 amide bonds. The molecule has 8 nitrogen and oxygen atoms in total. The fourth-order valence-electron chi connectivity index (χ4n) is 4.79. The number of hydrogen-bond donors (Lipinski definition) is 3. The highest BCUT2D eigenvalue weighted by atomic mass is 19.4. The summed E-state index contributed by atoms with van der Waals surface area (Å²) in [4.78, 5) is 41.9. The van der Waals surface area contributed by atoms with E-state index in [1.54, 1.807) is 26.0 Å². The molecule has 2 aromatic rings. The van der Waals surface area contributed by atoms with Crippen LogP contribution in [0.5, 0.6) is 5.75 Å². The molecular weight excluding hydrogens is 537 g/mol. The number of likely N-dealkylation sites (N-methyl/N-ethyl adjacent to an activating group) is 2. The van der Waals surface area contributed by atoms with E-state index in [-0.39, 0.29) is 29.9 Å². The van der Waals surface area contributed by atoms with Crippen LogP contribution in [0.1, 0.15) is 56.9 Å². The lowest BCUT2D eigenvalue weighted by Crippen LogP contribution is -2.58. The van der Waals surface area contributed by atoms with Gasteiger partial charge in [-0.2, -0.15) is 13.2 Å². The van der Waals surface area contributed by atoms with E-state index in [1.807, 2.05) is 20.8 Å². The molecule has 2 rings (SSSR count). The second kappa shape index (κ2) is 12.9. The Morgan fingerprint density at radius 3 is 1.88 bits per heavy atom. The molecule has 0 bridgehead atoms. The molecule has 0 saturated carbocycles. The van der Waals surface area contributed by atoms with Gasteiger partial charge in [0.25, 0.3) is 0 Å². The van der Waals surface area contributed by atoms with Crippen LogP contribution in [0.4, 0.5) is 13.2 Å². The van der Waals surface area contributed by atoms with Crippen molar-refractivity contribution in [3.8, 4) is 5.75 Å². The number of nitrogens with zero attached hydrogens (tertiary/aromatic N) is 2. The summed E-state index contributed by atoms with van der Waals surface area (Å²) in [6, 6.07) is 6.22. The molecule has 5 N–H and O–H groups in total. The van der Waals surface area contributed by atoms with Crippen molar-refractivity contribution >= 4 is 17.7 Å². The Morgan fingerprint density at radius 2 is 1.41 bits per heavy atom. The van der Waals surface area contributed by atoms with Gasteiger partial charge in [-0.15, -0.1) is 0 Å². The molecule has 0 fully saturated rings. The second-order valence-electron chi connectivity index (χ2n) is 11.8. The van der Waals surface area contributed by atoms with Gasteiger partial charge in [0.05, 0.1) is 11.6 Å². The van der Waals surface area contributed by atoms with E-state index in [4.69, 9.17) is 11.5 Å². The van der Waals surface area contributed by atoms with Gasteiger partial charge in [0.15, 0.2) is 0 Å². The number of alkyl halides is 3. The molecule has 0 aliphatic heterocycles. The minimum Gasteiger partial charge on any atom is -0.508 e. The monoisotopic (exact) mass is 578 g/mol. The smallest absolute Gasteiger partial charge is 0.416 e. The summed E-state index contributed by atoms with van der Waals surface area (Å²) >= 11 is 0. The number of aromatic hydroxyl groups is 1. The van der Waals surface area contributed by atoms with Crippen LogP contribution in [0.25, 0.3) is 0 Å². The SMILES string of the molecule is CC(C)[C@@H](C(=O)N(C)[C@@H](Cc1ccc(O)c(C(C)(C)C)c1)C(N)=O)N(C)C(=O)C(N)Cc1ccc(C(F)(F)F)cc1. The first-order valence-corrected chi connectivity index (χ1v) is 13.3. The molecule has 41 heavy (non-hydrogen) atoms. The van der Waals surface area contributed by atoms with Crippen molar-refractivity contribution in [2.24, 2.45) is 17.4 Å². The first-order chi connectivity index (χ1) is 18.7. The zero-order valence-electron chi connectivity index (χ0n) is 24.6. The molecule has 3 atom stereocenters. The zero-order chi connectivity index (χ0) is 31.4. The average molecular weight is 579 g/mol. The van der Waals surface area contributed by atoms with Gasteiger partial charge < -0.3 is 26.4 Å². The number of amides is 3. The van der Waals surface area contributed by atoms with Gasteiger partial charge in [-0.3, -0.25) is 14.4 Å². The fourth-order valence-corrected chi connectivity index (χ4v) is 4.79. The Bertz CT molecular complexity index is 1240. The molecule has 0 aliphatic rings. The third-order valence-corrected chi connectivity index (χ3v) is 7.15. The van der Waals surface area contributed by atoms with Crippen LogP contribution in [0.2, 0.25) is 0 Å². The highest BCUT2D eigenvalue weighted by Gasteiger charge is 2.37. The van der Waals surface area contributed by atoms with Crippen molar-refractivity contribution in [3.63, 3.8) is 0 Å². The van der Waals surface area contributed by atoms with Crippen LogP contribution in [0.3, 0.4) is 0 Å². The van der Waals surface area contributed by atoms with Crippen molar-refractivity contribution in [1.29, 1.82) is 0 Å². The molecule has 0 spiro atoms. The number of nitrogens with two attached hydrogens (primary N) is 2. The van der Waals surface area contributed by atoms with Gasteiger partial charge in [-0.05, 0) is 52.6 Å². The summed E-state index contributed by atoms with van der Waals surface area (Å²) in [6.45, 7) is 9.31. The van der Waals surface area contributed by atoms with Gasteiger partial charge >= 0.3 is 6.18 Å². The quantitative estimate of drug-likeness (QED) is 0.397. The molecule has 0 heterocycles. The van der Waals surface area contributed by atoms with Gasteiger partial charge in [0, 0.05) is 20.5 Å². The molecule has 1 unspecified atom stereocenters. The largest absolute Gasteiger partial charge is 0.508 e.